The molecule has 3 unspecified atom stereocenters. The van der Waals surface area contributed by atoms with E-state index in [1.807, 2.05) is 37.3 Å². The molecule has 2 rings (SSSR count). The Morgan fingerprint density at radius 2 is 2.00 bits per heavy atom. The molecule has 1 aliphatic carbocycles. The number of carbonyl (C=O) groups is 1. The maximum absolute atomic E-state index is 12.0. The number of ether oxygens (including phenoxy) is 1. The summed E-state index contributed by atoms with van der Waals surface area (Å²) in [6.07, 6.45) is 1.88. The molecule has 1 amide bonds. The molecule has 1 aromatic carbocycles. The fraction of sp³-hybridized carbons (Fsp3) is 0.588. The van der Waals surface area contributed by atoms with Crippen molar-refractivity contribution in [2.45, 2.75) is 51.4 Å². The molecule has 3 atom stereocenters. The number of nitrogens with one attached hydrogen (secondary N) is 1. The number of aliphatic hydroxyl groups is 1. The molecule has 1 aliphatic rings. The second-order valence-corrected chi connectivity index (χ2v) is 5.97. The van der Waals surface area contributed by atoms with Gasteiger partial charge in [0.15, 0.2) is 0 Å². The monoisotopic (exact) mass is 291 g/mol. The largest absolute Gasteiger partial charge is 0.391 e. The molecule has 21 heavy (non-hydrogen) atoms. The molecule has 0 radical (unpaired) electrons. The molecule has 1 aromatic rings. The molecule has 4 nitrogen and oxygen atoms in total. The highest BCUT2D eigenvalue weighted by Crippen LogP contribution is 2.29. The van der Waals surface area contributed by atoms with Crippen LogP contribution in [-0.2, 0) is 16.0 Å². The van der Waals surface area contributed by atoms with Crippen LogP contribution in [0.5, 0.6) is 0 Å². The molecule has 1 fully saturated rings. The minimum absolute atomic E-state index is 0.157. The zero-order valence-electron chi connectivity index (χ0n) is 12.8. The van der Waals surface area contributed by atoms with Crippen LogP contribution in [0.2, 0.25) is 0 Å². The summed E-state index contributed by atoms with van der Waals surface area (Å²) in [7, 11) is 0. The van der Waals surface area contributed by atoms with Crippen LogP contribution in [0, 0.1) is 5.92 Å². The van der Waals surface area contributed by atoms with Gasteiger partial charge < -0.3 is 15.2 Å². The third kappa shape index (κ3) is 5.48. The zero-order chi connectivity index (χ0) is 15.2. The van der Waals surface area contributed by atoms with Crippen molar-refractivity contribution >= 4 is 5.91 Å². The summed E-state index contributed by atoms with van der Waals surface area (Å²) in [6, 6.07) is 9.47. The van der Waals surface area contributed by atoms with E-state index in [2.05, 4.69) is 5.32 Å². The predicted octanol–water partition coefficient (Wildman–Crippen LogP) is 1.91. The Kier molecular flexibility index (Phi) is 5.76. The molecule has 0 saturated heterocycles. The van der Waals surface area contributed by atoms with Crippen LogP contribution >= 0.6 is 0 Å². The van der Waals surface area contributed by atoms with Crippen molar-refractivity contribution in [1.29, 1.82) is 0 Å². The van der Waals surface area contributed by atoms with Crippen molar-refractivity contribution in [2.24, 2.45) is 5.92 Å². The smallest absolute Gasteiger partial charge is 0.249 e. The zero-order valence-corrected chi connectivity index (χ0v) is 12.8. The van der Waals surface area contributed by atoms with Gasteiger partial charge in [-0.15, -0.1) is 0 Å². The topological polar surface area (TPSA) is 58.6 Å². The first-order valence-corrected chi connectivity index (χ1v) is 7.70. The fourth-order valence-electron chi connectivity index (χ4n) is 2.11. The van der Waals surface area contributed by atoms with E-state index in [1.165, 1.54) is 12.8 Å². The van der Waals surface area contributed by atoms with Crippen LogP contribution in [0.4, 0.5) is 0 Å². The molecule has 4 heteroatoms. The number of hydrogen-bond acceptors (Lipinski definition) is 3. The van der Waals surface area contributed by atoms with E-state index in [4.69, 9.17) is 4.74 Å². The fourth-order valence-corrected chi connectivity index (χ4v) is 2.11. The van der Waals surface area contributed by atoms with Gasteiger partial charge in [0.25, 0.3) is 0 Å². The molecule has 2 N–H and O–H groups in total. The van der Waals surface area contributed by atoms with Gasteiger partial charge in [0.05, 0.1) is 18.8 Å². The first kappa shape index (κ1) is 16.0. The molecule has 116 valence electrons. The molecule has 0 aromatic heterocycles. The van der Waals surface area contributed by atoms with Gasteiger partial charge in [-0.25, -0.2) is 0 Å². The number of amides is 1. The number of benzene rings is 1. The quantitative estimate of drug-likeness (QED) is 0.769. The van der Waals surface area contributed by atoms with Crippen molar-refractivity contribution in [1.82, 2.24) is 5.32 Å². The average molecular weight is 291 g/mol. The Labute approximate surface area is 126 Å². The Balaban J connectivity index is 1.73. The SMILES string of the molecule is CC(OCC1CC1)C(=O)NC(C)C(O)Cc1ccccc1. The molecule has 0 heterocycles. The molecular formula is C17H25NO3. The van der Waals surface area contributed by atoms with E-state index in [1.54, 1.807) is 6.92 Å². The van der Waals surface area contributed by atoms with Gasteiger partial charge >= 0.3 is 0 Å². The number of hydrogen-bond donors (Lipinski definition) is 2. The summed E-state index contributed by atoms with van der Waals surface area (Å²) in [5.74, 6) is 0.483. The third-order valence-corrected chi connectivity index (χ3v) is 3.88. The molecule has 0 aliphatic heterocycles. The second-order valence-electron chi connectivity index (χ2n) is 5.97. The maximum atomic E-state index is 12.0. The highest BCUT2D eigenvalue weighted by Gasteiger charge is 2.25. The highest BCUT2D eigenvalue weighted by molar-refractivity contribution is 5.80. The maximum Gasteiger partial charge on any atom is 0.249 e. The summed E-state index contributed by atoms with van der Waals surface area (Å²) >= 11 is 0. The van der Waals surface area contributed by atoms with Crippen molar-refractivity contribution in [2.75, 3.05) is 6.61 Å². The Bertz CT molecular complexity index is 445. The van der Waals surface area contributed by atoms with Crippen LogP contribution in [0.1, 0.15) is 32.3 Å². The van der Waals surface area contributed by atoms with Crippen LogP contribution < -0.4 is 5.32 Å². The normalized spacial score (nSPS) is 18.8. The third-order valence-electron chi connectivity index (χ3n) is 3.88. The van der Waals surface area contributed by atoms with E-state index in [0.29, 0.717) is 18.9 Å². The van der Waals surface area contributed by atoms with Gasteiger partial charge in [0.1, 0.15) is 6.10 Å². The number of rotatable bonds is 8. The minimum atomic E-state index is -0.605. The van der Waals surface area contributed by atoms with Crippen LogP contribution in [-0.4, -0.2) is 35.9 Å². The predicted molar refractivity (Wildman–Crippen MR) is 81.9 cm³/mol. The lowest BCUT2D eigenvalue weighted by Crippen LogP contribution is -2.46. The Morgan fingerprint density at radius 3 is 2.62 bits per heavy atom. The molecule has 0 bridgehead atoms. The van der Waals surface area contributed by atoms with Crippen molar-refractivity contribution in [3.63, 3.8) is 0 Å². The van der Waals surface area contributed by atoms with Crippen LogP contribution in [0.3, 0.4) is 0 Å². The van der Waals surface area contributed by atoms with Crippen molar-refractivity contribution in [3.05, 3.63) is 35.9 Å². The van der Waals surface area contributed by atoms with Gasteiger partial charge in [0.2, 0.25) is 5.91 Å². The number of aliphatic hydroxyl groups excluding tert-OH is 1. The standard InChI is InChI=1S/C17H25NO3/c1-12(16(19)10-14-6-4-3-5-7-14)18-17(20)13(2)21-11-15-8-9-15/h3-7,12-13,15-16,19H,8-11H2,1-2H3,(H,18,20). The minimum Gasteiger partial charge on any atom is -0.391 e. The molecule has 0 spiro atoms. The van der Waals surface area contributed by atoms with Gasteiger partial charge in [-0.05, 0) is 38.2 Å². The van der Waals surface area contributed by atoms with Gasteiger partial charge in [-0.1, -0.05) is 30.3 Å². The highest BCUT2D eigenvalue weighted by atomic mass is 16.5. The van der Waals surface area contributed by atoms with E-state index in [9.17, 15) is 9.90 Å². The van der Waals surface area contributed by atoms with Crippen LogP contribution in [0.25, 0.3) is 0 Å². The lowest BCUT2D eigenvalue weighted by Gasteiger charge is -2.22. The lowest BCUT2D eigenvalue weighted by molar-refractivity contribution is -0.133. The summed E-state index contributed by atoms with van der Waals surface area (Å²) in [5.41, 5.74) is 1.06. The van der Waals surface area contributed by atoms with Crippen molar-refractivity contribution in [3.8, 4) is 0 Å². The van der Waals surface area contributed by atoms with Crippen LogP contribution in [0.15, 0.2) is 30.3 Å². The number of carbonyl (C=O) groups excluding carboxylic acids is 1. The Morgan fingerprint density at radius 1 is 1.33 bits per heavy atom. The average Bonchev–Trinajstić information content (AvgIpc) is 3.29. The van der Waals surface area contributed by atoms with E-state index in [0.717, 1.165) is 5.56 Å². The van der Waals surface area contributed by atoms with Crippen molar-refractivity contribution < 1.29 is 14.6 Å². The summed E-state index contributed by atoms with van der Waals surface area (Å²) < 4.78 is 5.53. The van der Waals surface area contributed by atoms with E-state index in [-0.39, 0.29) is 11.9 Å². The van der Waals surface area contributed by atoms with Gasteiger partial charge in [0, 0.05) is 6.42 Å². The first-order valence-electron chi connectivity index (χ1n) is 7.70. The second kappa shape index (κ2) is 7.57. The van der Waals surface area contributed by atoms with E-state index < -0.39 is 12.2 Å². The Hall–Kier alpha value is -1.39. The van der Waals surface area contributed by atoms with Gasteiger partial charge in [-0.2, -0.15) is 0 Å². The summed E-state index contributed by atoms with van der Waals surface area (Å²) in [6.45, 7) is 4.24. The molecule has 1 saturated carbocycles. The first-order chi connectivity index (χ1) is 10.1. The van der Waals surface area contributed by atoms with Gasteiger partial charge in [-0.3, -0.25) is 4.79 Å². The summed E-state index contributed by atoms with van der Waals surface area (Å²) in [4.78, 5) is 12.0. The van der Waals surface area contributed by atoms with E-state index >= 15 is 0 Å². The molecular weight excluding hydrogens is 266 g/mol. The summed E-state index contributed by atoms with van der Waals surface area (Å²) in [5, 5.41) is 13.0. The lowest BCUT2D eigenvalue weighted by atomic mass is 10.0.